The van der Waals surface area contributed by atoms with Crippen molar-refractivity contribution in [2.24, 2.45) is 11.3 Å². The van der Waals surface area contributed by atoms with Crippen molar-refractivity contribution >= 4 is 11.6 Å². The van der Waals surface area contributed by atoms with Gasteiger partial charge in [0.1, 0.15) is 0 Å². The first-order valence-corrected chi connectivity index (χ1v) is 7.18. The second kappa shape index (κ2) is 5.29. The summed E-state index contributed by atoms with van der Waals surface area (Å²) in [5.41, 5.74) is 1.97. The molecular weight excluding hydrogens is 232 g/mol. The first kappa shape index (κ1) is 13.4. The van der Waals surface area contributed by atoms with Crippen LogP contribution in [0.25, 0.3) is 0 Å². The molecule has 0 aromatic carbocycles. The summed E-state index contributed by atoms with van der Waals surface area (Å²) in [5.74, 6) is 0.929. The number of rotatable bonds is 3. The van der Waals surface area contributed by atoms with Gasteiger partial charge in [-0.3, -0.25) is 4.90 Å². The number of hydrogen-bond acceptors (Lipinski definition) is 2. The van der Waals surface area contributed by atoms with E-state index in [9.17, 15) is 0 Å². The van der Waals surface area contributed by atoms with Crippen LogP contribution in [0.1, 0.15) is 33.6 Å². The number of halogens is 1. The Morgan fingerprint density at radius 3 is 2.59 bits per heavy atom. The minimum atomic E-state index is 0.321. The molecule has 1 aliphatic carbocycles. The molecule has 0 radical (unpaired) electrons. The van der Waals surface area contributed by atoms with Gasteiger partial charge in [-0.25, -0.2) is 0 Å². The molecule has 2 atom stereocenters. The topological polar surface area (TPSA) is 15.3 Å². The molecule has 0 spiro atoms. The number of piperazine rings is 1. The Bertz CT molecular complexity index is 278. The quantitative estimate of drug-likeness (QED) is 0.836. The lowest BCUT2D eigenvalue weighted by molar-refractivity contribution is 0.0613. The Morgan fingerprint density at radius 1 is 1.35 bits per heavy atom. The van der Waals surface area contributed by atoms with E-state index in [-0.39, 0.29) is 0 Å². The largest absolute Gasteiger partial charge is 0.311 e. The van der Waals surface area contributed by atoms with Crippen LogP contribution in [-0.4, -0.2) is 36.6 Å². The van der Waals surface area contributed by atoms with Crippen LogP contribution < -0.4 is 5.32 Å². The third-order valence-corrected chi connectivity index (χ3v) is 4.24. The van der Waals surface area contributed by atoms with Crippen molar-refractivity contribution in [1.29, 1.82) is 0 Å². The van der Waals surface area contributed by atoms with E-state index in [4.69, 9.17) is 11.6 Å². The van der Waals surface area contributed by atoms with Gasteiger partial charge in [-0.2, -0.15) is 0 Å². The molecule has 3 heteroatoms. The average Bonchev–Trinajstić information content (AvgIpc) is 3.08. The summed E-state index contributed by atoms with van der Waals surface area (Å²) < 4.78 is 0. The van der Waals surface area contributed by atoms with Gasteiger partial charge < -0.3 is 5.32 Å². The smallest absolute Gasteiger partial charge is 0.0273 e. The van der Waals surface area contributed by atoms with Gasteiger partial charge in [-0.1, -0.05) is 38.4 Å². The van der Waals surface area contributed by atoms with Crippen molar-refractivity contribution in [1.82, 2.24) is 10.2 Å². The van der Waals surface area contributed by atoms with Gasteiger partial charge in [-0.05, 0) is 24.2 Å². The molecule has 1 N–H and O–H groups in total. The monoisotopic (exact) mass is 256 g/mol. The molecule has 1 aliphatic heterocycles. The highest BCUT2D eigenvalue weighted by atomic mass is 35.5. The van der Waals surface area contributed by atoms with Crippen LogP contribution in [0.5, 0.6) is 0 Å². The highest BCUT2D eigenvalue weighted by Gasteiger charge is 2.40. The van der Waals surface area contributed by atoms with Crippen LogP contribution in [0.2, 0.25) is 0 Å². The molecule has 2 nitrogen and oxygen atoms in total. The lowest BCUT2D eigenvalue weighted by Gasteiger charge is -2.46. The van der Waals surface area contributed by atoms with Crippen molar-refractivity contribution in [3.63, 3.8) is 0 Å². The van der Waals surface area contributed by atoms with Gasteiger partial charge in [0.2, 0.25) is 0 Å². The molecule has 17 heavy (non-hydrogen) atoms. The molecule has 2 unspecified atom stereocenters. The third-order valence-electron chi connectivity index (χ3n) is 4.07. The standard InChI is InChI=1S/C14H25ClN2/c1-14(2,3)13-9-16-12(11-5-6-11)10-17(13)8-4-7-15/h4,7,11-13,16H,5-6,8-10H2,1-3H3/b7-4+. The molecule has 1 heterocycles. The molecule has 98 valence electrons. The van der Waals surface area contributed by atoms with Crippen molar-refractivity contribution in [3.8, 4) is 0 Å². The molecule has 1 saturated heterocycles. The van der Waals surface area contributed by atoms with Gasteiger partial charge in [0.05, 0.1) is 0 Å². The predicted octanol–water partition coefficient (Wildman–Crippen LogP) is 2.84. The summed E-state index contributed by atoms with van der Waals surface area (Å²) in [7, 11) is 0. The van der Waals surface area contributed by atoms with E-state index >= 15 is 0 Å². The average molecular weight is 257 g/mol. The van der Waals surface area contributed by atoms with Crippen LogP contribution in [-0.2, 0) is 0 Å². The van der Waals surface area contributed by atoms with E-state index in [1.165, 1.54) is 19.4 Å². The zero-order valence-corrected chi connectivity index (χ0v) is 12.0. The maximum atomic E-state index is 5.67. The third kappa shape index (κ3) is 3.46. The Balaban J connectivity index is 2.00. The predicted molar refractivity (Wildman–Crippen MR) is 74.3 cm³/mol. The summed E-state index contributed by atoms with van der Waals surface area (Å²) in [5, 5.41) is 3.75. The fourth-order valence-corrected chi connectivity index (χ4v) is 2.96. The Morgan fingerprint density at radius 2 is 2.06 bits per heavy atom. The summed E-state index contributed by atoms with van der Waals surface area (Å²) in [6.07, 6.45) is 4.89. The van der Waals surface area contributed by atoms with Crippen LogP contribution in [0.4, 0.5) is 0 Å². The molecule has 0 aromatic rings. The Kier molecular flexibility index (Phi) is 4.17. The molecule has 0 bridgehead atoms. The van der Waals surface area contributed by atoms with E-state index in [1.54, 1.807) is 5.54 Å². The normalized spacial score (nSPS) is 32.2. The zero-order chi connectivity index (χ0) is 12.5. The second-order valence-corrected chi connectivity index (χ2v) is 6.80. The molecule has 0 amide bonds. The summed E-state index contributed by atoms with van der Waals surface area (Å²) in [6.45, 7) is 10.3. The molecule has 2 fully saturated rings. The maximum absolute atomic E-state index is 5.67. The zero-order valence-electron chi connectivity index (χ0n) is 11.2. The summed E-state index contributed by atoms with van der Waals surface area (Å²) in [4.78, 5) is 2.60. The van der Waals surface area contributed by atoms with Crippen LogP contribution in [0.3, 0.4) is 0 Å². The van der Waals surface area contributed by atoms with E-state index in [0.29, 0.717) is 17.5 Å². The van der Waals surface area contributed by atoms with E-state index in [1.807, 2.05) is 0 Å². The summed E-state index contributed by atoms with van der Waals surface area (Å²) >= 11 is 5.67. The minimum Gasteiger partial charge on any atom is -0.311 e. The first-order valence-electron chi connectivity index (χ1n) is 6.75. The fourth-order valence-electron chi connectivity index (χ4n) is 2.88. The molecule has 2 rings (SSSR count). The van der Waals surface area contributed by atoms with Gasteiger partial charge in [0.25, 0.3) is 0 Å². The Hall–Kier alpha value is -0.0500. The van der Waals surface area contributed by atoms with Gasteiger partial charge in [-0.15, -0.1) is 0 Å². The lowest BCUT2D eigenvalue weighted by Crippen LogP contribution is -2.61. The van der Waals surface area contributed by atoms with Gasteiger partial charge >= 0.3 is 0 Å². The highest BCUT2D eigenvalue weighted by molar-refractivity contribution is 6.25. The van der Waals surface area contributed by atoms with Gasteiger partial charge in [0, 0.05) is 37.3 Å². The van der Waals surface area contributed by atoms with Crippen LogP contribution in [0.15, 0.2) is 11.6 Å². The Labute approximate surface area is 110 Å². The van der Waals surface area contributed by atoms with E-state index < -0.39 is 0 Å². The molecule has 2 aliphatic rings. The van der Waals surface area contributed by atoms with Crippen molar-refractivity contribution in [2.75, 3.05) is 19.6 Å². The minimum absolute atomic E-state index is 0.321. The summed E-state index contributed by atoms with van der Waals surface area (Å²) in [6, 6.07) is 1.31. The fraction of sp³-hybridized carbons (Fsp3) is 0.857. The van der Waals surface area contributed by atoms with Crippen LogP contribution >= 0.6 is 11.6 Å². The van der Waals surface area contributed by atoms with E-state index in [2.05, 4.69) is 37.1 Å². The SMILES string of the molecule is CC(C)(C)C1CNC(C2CC2)CN1C/C=C/Cl. The highest BCUT2D eigenvalue weighted by Crippen LogP contribution is 2.36. The van der Waals surface area contributed by atoms with Crippen molar-refractivity contribution < 1.29 is 0 Å². The maximum Gasteiger partial charge on any atom is 0.0273 e. The molecule has 1 saturated carbocycles. The van der Waals surface area contributed by atoms with Crippen molar-refractivity contribution in [2.45, 2.75) is 45.7 Å². The second-order valence-electron chi connectivity index (χ2n) is 6.55. The number of nitrogens with one attached hydrogen (secondary N) is 1. The van der Waals surface area contributed by atoms with Gasteiger partial charge in [0.15, 0.2) is 0 Å². The lowest BCUT2D eigenvalue weighted by atomic mass is 9.83. The van der Waals surface area contributed by atoms with Crippen LogP contribution in [0, 0.1) is 11.3 Å². The number of nitrogens with zero attached hydrogens (tertiary/aromatic N) is 1. The van der Waals surface area contributed by atoms with E-state index in [0.717, 1.165) is 19.0 Å². The molecular formula is C14H25ClN2. The first-order chi connectivity index (χ1) is 8.02. The molecule has 0 aromatic heterocycles. The van der Waals surface area contributed by atoms with Crippen molar-refractivity contribution in [3.05, 3.63) is 11.6 Å². The number of hydrogen-bond donors (Lipinski definition) is 1.